The van der Waals surface area contributed by atoms with Gasteiger partial charge in [0.15, 0.2) is 0 Å². The van der Waals surface area contributed by atoms with Gasteiger partial charge in [0.25, 0.3) is 0 Å². The van der Waals surface area contributed by atoms with Crippen molar-refractivity contribution in [1.82, 2.24) is 0 Å². The average molecular weight is 199 g/mol. The summed E-state index contributed by atoms with van der Waals surface area (Å²) in [7, 11) is 0. The molecule has 0 aromatic heterocycles. The monoisotopic (exact) mass is 199 g/mol. The Bertz CT molecular complexity index is 132. The summed E-state index contributed by atoms with van der Waals surface area (Å²) >= 11 is 0. The molecule has 2 unspecified atom stereocenters. The van der Waals surface area contributed by atoms with E-state index < -0.39 is 0 Å². The first-order valence-corrected chi connectivity index (χ1v) is 6.18. The molecule has 14 heavy (non-hydrogen) atoms. The molecule has 0 aromatic carbocycles. The molecule has 2 nitrogen and oxygen atoms in total. The van der Waals surface area contributed by atoms with Crippen molar-refractivity contribution in [3.8, 4) is 0 Å². The second kappa shape index (κ2) is 7.24. The third-order valence-electron chi connectivity index (χ3n) is 3.19. The van der Waals surface area contributed by atoms with Crippen LogP contribution >= 0.6 is 0 Å². The van der Waals surface area contributed by atoms with Crippen LogP contribution in [-0.2, 0) is 4.74 Å². The summed E-state index contributed by atoms with van der Waals surface area (Å²) < 4.78 is 5.60. The van der Waals surface area contributed by atoms with Gasteiger partial charge in [-0.3, -0.25) is 0 Å². The molecule has 1 aliphatic rings. The Balaban J connectivity index is 2.00. The van der Waals surface area contributed by atoms with E-state index in [9.17, 15) is 0 Å². The van der Waals surface area contributed by atoms with Crippen LogP contribution in [0.1, 0.15) is 51.9 Å². The van der Waals surface area contributed by atoms with Crippen molar-refractivity contribution in [2.45, 2.75) is 58.0 Å². The van der Waals surface area contributed by atoms with Crippen LogP contribution in [0.5, 0.6) is 0 Å². The molecule has 1 fully saturated rings. The molecule has 0 bridgehead atoms. The largest absolute Gasteiger partial charge is 0.378 e. The van der Waals surface area contributed by atoms with Gasteiger partial charge in [-0.2, -0.15) is 0 Å². The van der Waals surface area contributed by atoms with E-state index in [0.29, 0.717) is 6.10 Å². The fourth-order valence-corrected chi connectivity index (χ4v) is 2.29. The molecule has 2 N–H and O–H groups in total. The Labute approximate surface area is 88.2 Å². The fraction of sp³-hybridized carbons (Fsp3) is 1.00. The van der Waals surface area contributed by atoms with Crippen LogP contribution < -0.4 is 5.73 Å². The molecule has 1 saturated heterocycles. The molecule has 0 amide bonds. The summed E-state index contributed by atoms with van der Waals surface area (Å²) in [5.41, 5.74) is 5.72. The predicted octanol–water partition coefficient (Wildman–Crippen LogP) is 2.71. The van der Waals surface area contributed by atoms with E-state index >= 15 is 0 Å². The lowest BCUT2D eigenvalue weighted by Gasteiger charge is -2.14. The molecule has 84 valence electrons. The van der Waals surface area contributed by atoms with Gasteiger partial charge in [-0.15, -0.1) is 0 Å². The van der Waals surface area contributed by atoms with Crippen molar-refractivity contribution in [3.05, 3.63) is 0 Å². The predicted molar refractivity (Wildman–Crippen MR) is 60.3 cm³/mol. The second-order valence-electron chi connectivity index (χ2n) is 4.46. The van der Waals surface area contributed by atoms with E-state index in [1.165, 1.54) is 44.9 Å². The first-order valence-electron chi connectivity index (χ1n) is 6.18. The molecule has 1 heterocycles. The molecular formula is C12H25NO. The van der Waals surface area contributed by atoms with Gasteiger partial charge in [0.05, 0.1) is 6.10 Å². The SMILES string of the molecule is CCCC(CN)CCCC1CCCO1. The van der Waals surface area contributed by atoms with Crippen molar-refractivity contribution < 1.29 is 4.74 Å². The summed E-state index contributed by atoms with van der Waals surface area (Å²) in [4.78, 5) is 0. The van der Waals surface area contributed by atoms with Gasteiger partial charge in [-0.1, -0.05) is 19.8 Å². The van der Waals surface area contributed by atoms with Gasteiger partial charge in [0, 0.05) is 6.61 Å². The Morgan fingerprint density at radius 3 is 2.86 bits per heavy atom. The van der Waals surface area contributed by atoms with E-state index in [-0.39, 0.29) is 0 Å². The first kappa shape index (κ1) is 12.0. The number of nitrogens with two attached hydrogens (primary N) is 1. The van der Waals surface area contributed by atoms with E-state index in [2.05, 4.69) is 6.92 Å². The van der Waals surface area contributed by atoms with Crippen molar-refractivity contribution in [1.29, 1.82) is 0 Å². The highest BCUT2D eigenvalue weighted by atomic mass is 16.5. The third kappa shape index (κ3) is 4.43. The zero-order valence-electron chi connectivity index (χ0n) is 9.50. The van der Waals surface area contributed by atoms with Gasteiger partial charge in [-0.25, -0.2) is 0 Å². The van der Waals surface area contributed by atoms with Crippen LogP contribution in [0, 0.1) is 5.92 Å². The molecule has 0 aliphatic carbocycles. The minimum absolute atomic E-state index is 0.565. The number of hydrogen-bond acceptors (Lipinski definition) is 2. The zero-order valence-corrected chi connectivity index (χ0v) is 9.50. The minimum Gasteiger partial charge on any atom is -0.378 e. The van der Waals surface area contributed by atoms with Gasteiger partial charge in [-0.05, 0) is 44.6 Å². The normalized spacial score (nSPS) is 24.0. The van der Waals surface area contributed by atoms with Crippen molar-refractivity contribution in [2.24, 2.45) is 11.7 Å². The van der Waals surface area contributed by atoms with Crippen molar-refractivity contribution in [2.75, 3.05) is 13.2 Å². The summed E-state index contributed by atoms with van der Waals surface area (Å²) in [6.07, 6.45) is 9.51. The molecule has 1 aliphatic heterocycles. The lowest BCUT2D eigenvalue weighted by atomic mass is 9.96. The van der Waals surface area contributed by atoms with Crippen LogP contribution in [0.25, 0.3) is 0 Å². The lowest BCUT2D eigenvalue weighted by molar-refractivity contribution is 0.101. The van der Waals surface area contributed by atoms with Crippen LogP contribution in [0.15, 0.2) is 0 Å². The van der Waals surface area contributed by atoms with Crippen LogP contribution in [0.3, 0.4) is 0 Å². The second-order valence-corrected chi connectivity index (χ2v) is 4.46. The highest BCUT2D eigenvalue weighted by Gasteiger charge is 2.15. The molecule has 2 atom stereocenters. The van der Waals surface area contributed by atoms with Crippen LogP contribution in [-0.4, -0.2) is 19.3 Å². The van der Waals surface area contributed by atoms with Gasteiger partial charge in [0.1, 0.15) is 0 Å². The maximum Gasteiger partial charge on any atom is 0.0576 e. The molecule has 0 aromatic rings. The smallest absolute Gasteiger partial charge is 0.0576 e. The maximum absolute atomic E-state index is 5.72. The lowest BCUT2D eigenvalue weighted by Crippen LogP contribution is -2.15. The van der Waals surface area contributed by atoms with Crippen molar-refractivity contribution in [3.63, 3.8) is 0 Å². The molecule has 2 heteroatoms. The molecule has 1 rings (SSSR count). The van der Waals surface area contributed by atoms with Gasteiger partial charge >= 0.3 is 0 Å². The maximum atomic E-state index is 5.72. The molecule has 0 spiro atoms. The quantitative estimate of drug-likeness (QED) is 0.684. The van der Waals surface area contributed by atoms with Crippen molar-refractivity contribution >= 4 is 0 Å². The average Bonchev–Trinajstić information content (AvgIpc) is 2.69. The highest BCUT2D eigenvalue weighted by Crippen LogP contribution is 2.20. The van der Waals surface area contributed by atoms with Crippen LogP contribution in [0.2, 0.25) is 0 Å². The Hall–Kier alpha value is -0.0800. The number of ether oxygens (including phenoxy) is 1. The van der Waals surface area contributed by atoms with E-state index in [0.717, 1.165) is 19.1 Å². The summed E-state index contributed by atoms with van der Waals surface area (Å²) in [6.45, 7) is 4.09. The van der Waals surface area contributed by atoms with Gasteiger partial charge in [0.2, 0.25) is 0 Å². The summed E-state index contributed by atoms with van der Waals surface area (Å²) in [5.74, 6) is 0.751. The third-order valence-corrected chi connectivity index (χ3v) is 3.19. The van der Waals surface area contributed by atoms with Gasteiger partial charge < -0.3 is 10.5 Å². The topological polar surface area (TPSA) is 35.2 Å². The Kier molecular flexibility index (Phi) is 6.20. The van der Waals surface area contributed by atoms with Crippen LogP contribution in [0.4, 0.5) is 0 Å². The summed E-state index contributed by atoms with van der Waals surface area (Å²) in [5, 5.41) is 0. The first-order chi connectivity index (χ1) is 6.86. The fourth-order valence-electron chi connectivity index (χ4n) is 2.29. The van der Waals surface area contributed by atoms with E-state index in [1.54, 1.807) is 0 Å². The van der Waals surface area contributed by atoms with E-state index in [1.807, 2.05) is 0 Å². The minimum atomic E-state index is 0.565. The number of hydrogen-bond donors (Lipinski definition) is 1. The molecule has 0 radical (unpaired) electrons. The summed E-state index contributed by atoms with van der Waals surface area (Å²) in [6, 6.07) is 0. The van der Waals surface area contributed by atoms with E-state index in [4.69, 9.17) is 10.5 Å². The number of rotatable bonds is 7. The highest BCUT2D eigenvalue weighted by molar-refractivity contribution is 4.67. The molecular weight excluding hydrogens is 174 g/mol. The Morgan fingerprint density at radius 2 is 2.29 bits per heavy atom. The zero-order chi connectivity index (χ0) is 10.2. The Morgan fingerprint density at radius 1 is 1.43 bits per heavy atom. The molecule has 0 saturated carbocycles. The standard InChI is InChI=1S/C12H25NO/c1-2-5-11(10-13)6-3-7-12-8-4-9-14-12/h11-12H,2-10,13H2,1H3.